The number of ether oxygens (including phenoxy) is 1. The number of pyridine rings is 2. The van der Waals surface area contributed by atoms with Gasteiger partial charge < -0.3 is 15.2 Å². The van der Waals surface area contributed by atoms with E-state index in [0.717, 1.165) is 16.8 Å². The molecule has 1 amide bonds. The average Bonchev–Trinajstić information content (AvgIpc) is 3.09. The molecule has 5 rings (SSSR count). The first-order valence-electron chi connectivity index (χ1n) is 10.2. The molecule has 31 heavy (non-hydrogen) atoms. The van der Waals surface area contributed by atoms with Gasteiger partial charge in [-0.05, 0) is 43.9 Å². The lowest BCUT2D eigenvalue weighted by atomic mass is 9.73. The van der Waals surface area contributed by atoms with Crippen molar-refractivity contribution in [3.63, 3.8) is 0 Å². The highest BCUT2D eigenvalue weighted by Gasteiger charge is 2.53. The fraction of sp³-hybridized carbons (Fsp3) is 0.250. The summed E-state index contributed by atoms with van der Waals surface area (Å²) in [5, 5.41) is 13.8. The van der Waals surface area contributed by atoms with Crippen LogP contribution in [0.3, 0.4) is 0 Å². The fourth-order valence-electron chi connectivity index (χ4n) is 4.38. The monoisotopic (exact) mass is 415 g/mol. The van der Waals surface area contributed by atoms with Gasteiger partial charge in [-0.25, -0.2) is 4.79 Å². The normalized spacial score (nSPS) is 24.5. The van der Waals surface area contributed by atoms with E-state index in [1.54, 1.807) is 30.7 Å². The van der Waals surface area contributed by atoms with Crippen molar-refractivity contribution < 1.29 is 19.4 Å². The van der Waals surface area contributed by atoms with Crippen molar-refractivity contribution >= 4 is 17.6 Å². The van der Waals surface area contributed by atoms with Gasteiger partial charge in [-0.15, -0.1) is 0 Å². The van der Waals surface area contributed by atoms with Crippen molar-refractivity contribution in [2.24, 2.45) is 0 Å². The summed E-state index contributed by atoms with van der Waals surface area (Å²) in [5.74, 6) is -0.857. The Morgan fingerprint density at radius 2 is 1.77 bits per heavy atom. The van der Waals surface area contributed by atoms with Crippen molar-refractivity contribution in [3.05, 3.63) is 78.2 Å². The molecule has 2 N–H and O–H groups in total. The van der Waals surface area contributed by atoms with E-state index in [2.05, 4.69) is 15.3 Å². The number of hydrogen-bond donors (Lipinski definition) is 2. The lowest BCUT2D eigenvalue weighted by molar-refractivity contribution is -0.144. The van der Waals surface area contributed by atoms with E-state index in [9.17, 15) is 14.7 Å². The Hall–Kier alpha value is -3.58. The number of hydrogen-bond acceptors (Lipinski definition) is 6. The summed E-state index contributed by atoms with van der Waals surface area (Å²) in [4.78, 5) is 33.6. The van der Waals surface area contributed by atoms with Crippen LogP contribution in [-0.4, -0.2) is 32.6 Å². The maximum absolute atomic E-state index is 12.8. The van der Waals surface area contributed by atoms with Gasteiger partial charge >= 0.3 is 5.97 Å². The highest BCUT2D eigenvalue weighted by Crippen LogP contribution is 2.49. The van der Waals surface area contributed by atoms with Gasteiger partial charge in [-0.1, -0.05) is 30.3 Å². The second-order valence-corrected chi connectivity index (χ2v) is 8.09. The minimum absolute atomic E-state index is 0.177. The standard InChI is InChI=1S/C24H21N3O4/c28-21-18-8-13-25-15-19(18)24(31-21)11-9-23(30,10-12-24)22(29)27-17-6-7-20(26-14-17)16-4-2-1-3-5-16/h1-8,13-15,30H,9-12H2,(H,27,29). The van der Waals surface area contributed by atoms with Crippen LogP contribution in [0.15, 0.2) is 67.1 Å². The first kappa shape index (κ1) is 19.4. The zero-order valence-electron chi connectivity index (χ0n) is 16.7. The molecule has 1 saturated carbocycles. The van der Waals surface area contributed by atoms with Crippen LogP contribution in [0.1, 0.15) is 41.6 Å². The zero-order chi connectivity index (χ0) is 21.5. The number of aliphatic hydroxyl groups is 1. The van der Waals surface area contributed by atoms with Gasteiger partial charge in [-0.3, -0.25) is 14.8 Å². The highest BCUT2D eigenvalue weighted by molar-refractivity contribution is 5.97. The predicted molar refractivity (Wildman–Crippen MR) is 113 cm³/mol. The molecule has 2 aromatic heterocycles. The summed E-state index contributed by atoms with van der Waals surface area (Å²) in [5.41, 5.74) is 1.19. The summed E-state index contributed by atoms with van der Waals surface area (Å²) in [6.07, 6.45) is 5.84. The molecular formula is C24H21N3O4. The summed E-state index contributed by atoms with van der Waals surface area (Å²) in [6.45, 7) is 0. The number of fused-ring (bicyclic) bond motifs is 2. The SMILES string of the molecule is O=C1OC2(CCC(O)(C(=O)Nc3ccc(-c4ccccc4)nc3)CC2)c2cnccc21. The van der Waals surface area contributed by atoms with Gasteiger partial charge in [0.2, 0.25) is 0 Å². The van der Waals surface area contributed by atoms with Crippen LogP contribution in [0.2, 0.25) is 0 Å². The molecule has 1 aliphatic carbocycles. The fourth-order valence-corrected chi connectivity index (χ4v) is 4.38. The minimum Gasteiger partial charge on any atom is -0.450 e. The molecule has 1 aromatic carbocycles. The number of nitrogens with one attached hydrogen (secondary N) is 1. The molecule has 156 valence electrons. The number of amides is 1. The molecule has 0 unspecified atom stereocenters. The lowest BCUT2D eigenvalue weighted by Gasteiger charge is -2.40. The number of aromatic nitrogens is 2. The third-order valence-electron chi connectivity index (χ3n) is 6.22. The van der Waals surface area contributed by atoms with E-state index in [1.165, 1.54) is 0 Å². The van der Waals surface area contributed by atoms with Crippen LogP contribution in [-0.2, 0) is 15.1 Å². The average molecular weight is 415 g/mol. The largest absolute Gasteiger partial charge is 0.450 e. The molecule has 0 saturated heterocycles. The van der Waals surface area contributed by atoms with E-state index in [1.807, 2.05) is 36.4 Å². The molecule has 0 atom stereocenters. The van der Waals surface area contributed by atoms with Gasteiger partial charge in [0.1, 0.15) is 11.2 Å². The molecule has 2 aliphatic rings. The van der Waals surface area contributed by atoms with E-state index >= 15 is 0 Å². The Bertz CT molecular complexity index is 1140. The Morgan fingerprint density at radius 3 is 2.48 bits per heavy atom. The van der Waals surface area contributed by atoms with Crippen LogP contribution in [0.5, 0.6) is 0 Å². The van der Waals surface area contributed by atoms with Gasteiger partial charge in [0.25, 0.3) is 5.91 Å². The van der Waals surface area contributed by atoms with Crippen molar-refractivity contribution in [3.8, 4) is 11.3 Å². The number of anilines is 1. The number of nitrogens with zero attached hydrogens (tertiary/aromatic N) is 2. The predicted octanol–water partition coefficient (Wildman–Crippen LogP) is 3.45. The van der Waals surface area contributed by atoms with E-state index in [0.29, 0.717) is 24.1 Å². The topological polar surface area (TPSA) is 101 Å². The molecule has 3 aromatic rings. The van der Waals surface area contributed by atoms with Gasteiger partial charge in [-0.2, -0.15) is 0 Å². The second kappa shape index (κ2) is 7.28. The number of esters is 1. The number of carbonyl (C=O) groups is 2. The molecule has 1 fully saturated rings. The Kier molecular flexibility index (Phi) is 4.55. The van der Waals surface area contributed by atoms with Crippen LogP contribution >= 0.6 is 0 Å². The molecule has 0 bridgehead atoms. The third-order valence-corrected chi connectivity index (χ3v) is 6.22. The Morgan fingerprint density at radius 1 is 1.00 bits per heavy atom. The molecule has 3 heterocycles. The molecule has 1 aliphatic heterocycles. The highest BCUT2D eigenvalue weighted by atomic mass is 16.6. The minimum atomic E-state index is -1.54. The van der Waals surface area contributed by atoms with Crippen LogP contribution in [0.4, 0.5) is 5.69 Å². The van der Waals surface area contributed by atoms with Crippen molar-refractivity contribution in [1.29, 1.82) is 0 Å². The van der Waals surface area contributed by atoms with Gasteiger partial charge in [0, 0.05) is 23.5 Å². The molecule has 7 heteroatoms. The third kappa shape index (κ3) is 3.37. The first-order chi connectivity index (χ1) is 15.0. The molecule has 0 radical (unpaired) electrons. The quantitative estimate of drug-likeness (QED) is 0.636. The van der Waals surface area contributed by atoms with E-state index in [-0.39, 0.29) is 18.8 Å². The number of benzene rings is 1. The molecule has 7 nitrogen and oxygen atoms in total. The van der Waals surface area contributed by atoms with Crippen molar-refractivity contribution in [2.75, 3.05) is 5.32 Å². The van der Waals surface area contributed by atoms with E-state index in [4.69, 9.17) is 4.74 Å². The maximum Gasteiger partial charge on any atom is 0.339 e. The number of carbonyl (C=O) groups excluding carboxylic acids is 2. The van der Waals surface area contributed by atoms with Gasteiger partial charge in [0.15, 0.2) is 0 Å². The zero-order valence-corrected chi connectivity index (χ0v) is 16.7. The Balaban J connectivity index is 1.28. The smallest absolute Gasteiger partial charge is 0.339 e. The van der Waals surface area contributed by atoms with Crippen LogP contribution in [0, 0.1) is 0 Å². The summed E-state index contributed by atoms with van der Waals surface area (Å²) in [7, 11) is 0. The van der Waals surface area contributed by atoms with Gasteiger partial charge in [0.05, 0.1) is 23.1 Å². The Labute approximate surface area is 179 Å². The van der Waals surface area contributed by atoms with Crippen LogP contribution in [0.25, 0.3) is 11.3 Å². The molecular weight excluding hydrogens is 394 g/mol. The van der Waals surface area contributed by atoms with Crippen molar-refractivity contribution in [1.82, 2.24) is 9.97 Å². The first-order valence-corrected chi connectivity index (χ1v) is 10.2. The lowest BCUT2D eigenvalue weighted by Crippen LogP contribution is -2.49. The van der Waals surface area contributed by atoms with Crippen LogP contribution < -0.4 is 5.32 Å². The maximum atomic E-state index is 12.8. The summed E-state index contributed by atoms with van der Waals surface area (Å²) >= 11 is 0. The summed E-state index contributed by atoms with van der Waals surface area (Å²) in [6, 6.07) is 15.0. The number of rotatable bonds is 3. The molecule has 1 spiro atoms. The van der Waals surface area contributed by atoms with E-state index < -0.39 is 17.1 Å². The summed E-state index contributed by atoms with van der Waals surface area (Å²) < 4.78 is 5.68. The second-order valence-electron chi connectivity index (χ2n) is 8.09. The van der Waals surface area contributed by atoms with Crippen molar-refractivity contribution in [2.45, 2.75) is 36.9 Å².